The monoisotopic (exact) mass is 448 g/mol. The zero-order valence-corrected chi connectivity index (χ0v) is 21.5. The molecule has 1 atom stereocenters. The lowest BCUT2D eigenvalue weighted by Crippen LogP contribution is -2.62. The summed E-state index contributed by atoms with van der Waals surface area (Å²) in [4.78, 5) is 14.3. The molecule has 1 unspecified atom stereocenters. The summed E-state index contributed by atoms with van der Waals surface area (Å²) in [6.07, 6.45) is 14.7. The molecule has 5 heteroatoms. The summed E-state index contributed by atoms with van der Waals surface area (Å²) in [5.74, 6) is 1.21. The number of nitrogens with zero attached hydrogens (tertiary/aromatic N) is 2. The third-order valence-electron chi connectivity index (χ3n) is 7.40. The summed E-state index contributed by atoms with van der Waals surface area (Å²) in [6, 6.07) is 3.22. The minimum atomic E-state index is -0.0470. The van der Waals surface area contributed by atoms with Gasteiger partial charge in [-0.25, -0.2) is 0 Å². The molecule has 32 heavy (non-hydrogen) atoms. The highest BCUT2D eigenvalue weighted by molar-refractivity contribution is 5.75. The summed E-state index contributed by atoms with van der Waals surface area (Å²) in [5, 5.41) is 19.6. The first-order valence-corrected chi connectivity index (χ1v) is 12.9. The second-order valence-corrected chi connectivity index (χ2v) is 11.4. The molecule has 5 nitrogen and oxygen atoms in total. The van der Waals surface area contributed by atoms with E-state index in [-0.39, 0.29) is 34.8 Å². The van der Waals surface area contributed by atoms with Crippen LogP contribution < -0.4 is 0 Å². The van der Waals surface area contributed by atoms with Gasteiger partial charge in [-0.05, 0) is 59.8 Å². The molecule has 0 aromatic carbocycles. The molecule has 2 rings (SSSR count). The molecule has 1 aliphatic heterocycles. The van der Waals surface area contributed by atoms with Crippen LogP contribution in [0.2, 0.25) is 0 Å². The van der Waals surface area contributed by atoms with E-state index in [1.54, 1.807) is 23.6 Å². The van der Waals surface area contributed by atoms with Crippen molar-refractivity contribution in [2.75, 3.05) is 0 Å². The molecular weight excluding hydrogens is 400 g/mol. The van der Waals surface area contributed by atoms with Gasteiger partial charge < -0.3 is 15.1 Å². The summed E-state index contributed by atoms with van der Waals surface area (Å²) >= 11 is 0. The highest BCUT2D eigenvalue weighted by Gasteiger charge is 2.46. The highest BCUT2D eigenvalue weighted by atomic mass is 16.3. The van der Waals surface area contributed by atoms with E-state index >= 15 is 0 Å². The number of aromatic hydroxyl groups is 2. The maximum atomic E-state index is 12.2. The Hall–Kier alpha value is -1.65. The molecule has 0 aliphatic carbocycles. The number of unbranched alkanes of at least 4 members (excludes halogenated alkanes) is 7. The van der Waals surface area contributed by atoms with E-state index in [1.165, 1.54) is 51.4 Å². The van der Waals surface area contributed by atoms with Crippen LogP contribution >= 0.6 is 0 Å². The Labute approximate surface area is 196 Å². The molecule has 1 saturated heterocycles. The third-order valence-corrected chi connectivity index (χ3v) is 7.40. The van der Waals surface area contributed by atoms with Gasteiger partial charge in [-0.2, -0.15) is 0 Å². The van der Waals surface area contributed by atoms with Crippen molar-refractivity contribution in [2.24, 2.45) is 5.92 Å². The Morgan fingerprint density at radius 2 is 1.34 bits per heavy atom. The number of aromatic nitrogens is 1. The largest absolute Gasteiger partial charge is 0.494 e. The second kappa shape index (κ2) is 11.5. The van der Waals surface area contributed by atoms with Gasteiger partial charge in [0.05, 0.1) is 0 Å². The second-order valence-electron chi connectivity index (χ2n) is 11.4. The molecule has 0 spiro atoms. The molecule has 1 amide bonds. The fraction of sp³-hybridized carbons (Fsp3) is 0.815. The number of amides is 1. The maximum Gasteiger partial charge on any atom is 0.220 e. The zero-order valence-electron chi connectivity index (χ0n) is 21.5. The van der Waals surface area contributed by atoms with Crippen LogP contribution in [0.15, 0.2) is 12.1 Å². The first-order chi connectivity index (χ1) is 15.0. The van der Waals surface area contributed by atoms with Gasteiger partial charge in [0.15, 0.2) is 11.8 Å². The van der Waals surface area contributed by atoms with Crippen molar-refractivity contribution in [3.05, 3.63) is 12.1 Å². The Morgan fingerprint density at radius 3 is 1.81 bits per heavy atom. The van der Waals surface area contributed by atoms with Gasteiger partial charge in [0, 0.05) is 36.2 Å². The van der Waals surface area contributed by atoms with Crippen molar-refractivity contribution < 1.29 is 15.0 Å². The van der Waals surface area contributed by atoms with E-state index in [0.29, 0.717) is 0 Å². The first-order valence-electron chi connectivity index (χ1n) is 12.9. The lowest BCUT2D eigenvalue weighted by molar-refractivity contribution is -0.149. The molecule has 1 aromatic rings. The molecule has 0 saturated carbocycles. The number of piperidine rings is 1. The van der Waals surface area contributed by atoms with Gasteiger partial charge in [0.2, 0.25) is 5.91 Å². The number of likely N-dealkylation sites (tertiary alicyclic amines) is 1. The zero-order chi connectivity index (χ0) is 23.9. The summed E-state index contributed by atoms with van der Waals surface area (Å²) in [6.45, 7) is 12.7. The molecule has 0 radical (unpaired) electrons. The molecule has 1 fully saturated rings. The molecule has 0 bridgehead atoms. The number of rotatable bonds is 12. The topological polar surface area (TPSA) is 65.7 Å². The van der Waals surface area contributed by atoms with Crippen LogP contribution in [0.5, 0.6) is 11.8 Å². The van der Waals surface area contributed by atoms with E-state index in [4.69, 9.17) is 0 Å². The maximum absolute atomic E-state index is 12.2. The number of carbonyl (C=O) groups is 1. The molecule has 184 valence electrons. The van der Waals surface area contributed by atoms with Crippen molar-refractivity contribution in [3.63, 3.8) is 0 Å². The lowest BCUT2D eigenvalue weighted by Gasteiger charge is -2.55. The SMILES string of the molecule is CC(=O)N1C(C)(C)CC(CCCCCCCCCCC(C)n2c(O)ccc2O)CC1(C)C. The van der Waals surface area contributed by atoms with Crippen LogP contribution in [0.3, 0.4) is 0 Å². The smallest absolute Gasteiger partial charge is 0.220 e. The molecule has 2 N–H and O–H groups in total. The summed E-state index contributed by atoms with van der Waals surface area (Å²) in [5.41, 5.74) is -0.0941. The predicted molar refractivity (Wildman–Crippen MR) is 132 cm³/mol. The minimum Gasteiger partial charge on any atom is -0.494 e. The van der Waals surface area contributed by atoms with Crippen LogP contribution in [0, 0.1) is 5.92 Å². The van der Waals surface area contributed by atoms with Crippen LogP contribution in [-0.4, -0.2) is 36.7 Å². The average Bonchev–Trinajstić information content (AvgIpc) is 2.99. The Balaban J connectivity index is 1.53. The van der Waals surface area contributed by atoms with Crippen molar-refractivity contribution >= 4 is 5.91 Å². The fourth-order valence-electron chi connectivity index (χ4n) is 6.48. The van der Waals surface area contributed by atoms with Crippen molar-refractivity contribution in [3.8, 4) is 11.8 Å². The van der Waals surface area contributed by atoms with Gasteiger partial charge in [0.25, 0.3) is 0 Å². The summed E-state index contributed by atoms with van der Waals surface area (Å²) in [7, 11) is 0. The molecule has 1 aromatic heterocycles. The van der Waals surface area contributed by atoms with Gasteiger partial charge in [-0.3, -0.25) is 9.36 Å². The van der Waals surface area contributed by atoms with E-state index in [2.05, 4.69) is 32.6 Å². The normalized spacial score (nSPS) is 19.2. The number of hydrogen-bond donors (Lipinski definition) is 2. The predicted octanol–water partition coefficient (Wildman–Crippen LogP) is 7.18. The Kier molecular flexibility index (Phi) is 9.53. The minimum absolute atomic E-state index is 0.0470. The van der Waals surface area contributed by atoms with Crippen LogP contribution in [0.25, 0.3) is 0 Å². The molecule has 2 heterocycles. The van der Waals surface area contributed by atoms with E-state index in [0.717, 1.165) is 31.6 Å². The number of hydrogen-bond acceptors (Lipinski definition) is 3. The summed E-state index contributed by atoms with van der Waals surface area (Å²) < 4.78 is 1.60. The highest BCUT2D eigenvalue weighted by Crippen LogP contribution is 2.43. The van der Waals surface area contributed by atoms with Gasteiger partial charge in [-0.1, -0.05) is 57.8 Å². The molecular formula is C27H48N2O3. The van der Waals surface area contributed by atoms with Gasteiger partial charge in [-0.15, -0.1) is 0 Å². The van der Waals surface area contributed by atoms with Gasteiger partial charge >= 0.3 is 0 Å². The quantitative estimate of drug-likeness (QED) is 0.333. The van der Waals surface area contributed by atoms with Crippen LogP contribution in [0.4, 0.5) is 0 Å². The van der Waals surface area contributed by atoms with Crippen LogP contribution in [-0.2, 0) is 4.79 Å². The third kappa shape index (κ3) is 7.18. The standard InChI is InChI=1S/C27H48N2O3/c1-21(28-24(31)17-18-25(28)32)15-13-11-9-7-8-10-12-14-16-23-19-26(3,4)29(22(2)30)27(5,6)20-23/h17-18,21,23,31-32H,7-16,19-20H2,1-6H3. The fourth-order valence-corrected chi connectivity index (χ4v) is 6.48. The Bertz CT molecular complexity index is 685. The van der Waals surface area contributed by atoms with E-state index in [1.807, 2.05) is 6.92 Å². The van der Waals surface area contributed by atoms with Crippen molar-refractivity contribution in [2.45, 2.75) is 136 Å². The first kappa shape index (κ1) is 26.6. The Morgan fingerprint density at radius 1 is 0.906 bits per heavy atom. The number of carbonyl (C=O) groups excluding carboxylic acids is 1. The van der Waals surface area contributed by atoms with Crippen molar-refractivity contribution in [1.82, 2.24) is 9.47 Å². The average molecular weight is 449 g/mol. The van der Waals surface area contributed by atoms with Gasteiger partial charge in [0.1, 0.15) is 0 Å². The molecule has 1 aliphatic rings. The lowest BCUT2D eigenvalue weighted by atomic mass is 9.72. The van der Waals surface area contributed by atoms with Crippen molar-refractivity contribution in [1.29, 1.82) is 0 Å². The van der Waals surface area contributed by atoms with E-state index < -0.39 is 0 Å². The van der Waals surface area contributed by atoms with E-state index in [9.17, 15) is 15.0 Å². The van der Waals surface area contributed by atoms with Crippen LogP contribution in [0.1, 0.15) is 125 Å².